The van der Waals surface area contributed by atoms with Gasteiger partial charge in [-0.05, 0) is 37.3 Å². The Morgan fingerprint density at radius 1 is 1.39 bits per heavy atom. The van der Waals surface area contributed by atoms with Gasteiger partial charge in [0.25, 0.3) is 11.6 Å². The van der Waals surface area contributed by atoms with Crippen molar-refractivity contribution < 1.29 is 19.2 Å². The van der Waals surface area contributed by atoms with Gasteiger partial charge in [-0.25, -0.2) is 4.98 Å². The zero-order chi connectivity index (χ0) is 22.1. The van der Waals surface area contributed by atoms with Crippen LogP contribution in [0.4, 0.5) is 5.69 Å². The van der Waals surface area contributed by atoms with E-state index >= 15 is 0 Å². The number of carbonyl (C=O) groups is 1. The number of aryl methyl sites for hydroxylation is 2. The van der Waals surface area contributed by atoms with E-state index in [4.69, 9.17) is 9.47 Å². The third-order valence-corrected chi connectivity index (χ3v) is 6.45. The monoisotopic (exact) mass is 443 g/mol. The maximum Gasteiger partial charge on any atom is 0.287 e. The van der Waals surface area contributed by atoms with Gasteiger partial charge in [0.2, 0.25) is 5.88 Å². The Kier molecular flexibility index (Phi) is 5.79. The number of amides is 1. The van der Waals surface area contributed by atoms with Crippen molar-refractivity contribution in [2.45, 2.75) is 38.8 Å². The maximum absolute atomic E-state index is 13.1. The van der Waals surface area contributed by atoms with Crippen molar-refractivity contribution in [1.29, 1.82) is 0 Å². The summed E-state index contributed by atoms with van der Waals surface area (Å²) in [7, 11) is 3.09. The molecule has 1 atom stereocenters. The van der Waals surface area contributed by atoms with Crippen molar-refractivity contribution >= 4 is 33.1 Å². The number of methoxy groups -OCH3 is 2. The molecular weight excluding hydrogens is 422 g/mol. The molecule has 11 heteroatoms. The van der Waals surface area contributed by atoms with Crippen LogP contribution in [0, 0.1) is 17.0 Å². The molecule has 0 radical (unpaired) electrons. The minimum absolute atomic E-state index is 0.0383. The Labute approximate surface area is 181 Å². The number of nitro groups is 1. The molecule has 1 aliphatic carbocycles. The highest BCUT2D eigenvalue weighted by molar-refractivity contribution is 7.20. The first-order valence-corrected chi connectivity index (χ1v) is 10.5. The molecule has 0 saturated heterocycles. The average molecular weight is 443 g/mol. The standard InChI is InChI=1S/C20H21N5O5S/c1-10-16-19(30-3)23-15(9-29-2)24-20(16)31-17(10)18(26)22-12-4-5-14-11(6-12)7-13(8-21-14)25(27)28/h7-8,12H,4-6,9H2,1-3H3,(H,22,26)/t12-/m0/s1. The highest BCUT2D eigenvalue weighted by Gasteiger charge is 2.26. The van der Waals surface area contributed by atoms with Gasteiger partial charge >= 0.3 is 0 Å². The second-order valence-corrected chi connectivity index (χ2v) is 8.29. The number of nitrogens with zero attached hydrogens (tertiary/aromatic N) is 4. The van der Waals surface area contributed by atoms with Gasteiger partial charge in [0.1, 0.15) is 17.6 Å². The van der Waals surface area contributed by atoms with E-state index in [0.717, 1.165) is 16.8 Å². The van der Waals surface area contributed by atoms with Crippen molar-refractivity contribution in [3.8, 4) is 5.88 Å². The third kappa shape index (κ3) is 4.06. The molecule has 0 aliphatic heterocycles. The number of nitrogens with one attached hydrogen (secondary N) is 1. The van der Waals surface area contributed by atoms with Crippen molar-refractivity contribution in [3.05, 3.63) is 49.9 Å². The Balaban J connectivity index is 1.58. The van der Waals surface area contributed by atoms with Gasteiger partial charge in [-0.2, -0.15) is 4.98 Å². The number of pyridine rings is 1. The topological polar surface area (TPSA) is 129 Å². The molecule has 10 nitrogen and oxygen atoms in total. The van der Waals surface area contributed by atoms with Gasteiger partial charge in [-0.15, -0.1) is 11.3 Å². The fourth-order valence-electron chi connectivity index (χ4n) is 3.78. The summed E-state index contributed by atoms with van der Waals surface area (Å²) in [4.78, 5) is 37.9. The molecule has 4 rings (SSSR count). The third-order valence-electron chi connectivity index (χ3n) is 5.26. The molecule has 3 heterocycles. The van der Waals surface area contributed by atoms with Crippen LogP contribution >= 0.6 is 11.3 Å². The lowest BCUT2D eigenvalue weighted by atomic mass is 9.91. The predicted octanol–water partition coefficient (Wildman–Crippen LogP) is 2.75. The Bertz CT molecular complexity index is 1180. The van der Waals surface area contributed by atoms with Gasteiger partial charge in [0.15, 0.2) is 5.82 Å². The van der Waals surface area contributed by atoms with Gasteiger partial charge in [-0.1, -0.05) is 0 Å². The molecule has 1 N–H and O–H groups in total. The zero-order valence-electron chi connectivity index (χ0n) is 17.3. The molecule has 162 valence electrons. The van der Waals surface area contributed by atoms with Crippen LogP contribution in [-0.4, -0.2) is 46.0 Å². The number of aromatic nitrogens is 3. The minimum atomic E-state index is -0.456. The molecule has 1 aliphatic rings. The van der Waals surface area contributed by atoms with Crippen LogP contribution in [0.3, 0.4) is 0 Å². The summed E-state index contributed by atoms with van der Waals surface area (Å²) in [5, 5.41) is 14.8. The van der Waals surface area contributed by atoms with Gasteiger partial charge in [-0.3, -0.25) is 19.9 Å². The van der Waals surface area contributed by atoms with E-state index in [1.54, 1.807) is 13.2 Å². The Morgan fingerprint density at radius 3 is 2.90 bits per heavy atom. The molecule has 31 heavy (non-hydrogen) atoms. The fraction of sp³-hybridized carbons (Fsp3) is 0.400. The molecule has 0 bridgehead atoms. The summed E-state index contributed by atoms with van der Waals surface area (Å²) in [5.74, 6) is 0.690. The molecule has 3 aromatic heterocycles. The summed E-state index contributed by atoms with van der Waals surface area (Å²) >= 11 is 1.28. The molecule has 1 amide bonds. The fourth-order valence-corrected chi connectivity index (χ4v) is 4.88. The molecule has 0 aromatic carbocycles. The Hall–Kier alpha value is -3.18. The van der Waals surface area contributed by atoms with E-state index in [9.17, 15) is 14.9 Å². The van der Waals surface area contributed by atoms with Crippen LogP contribution < -0.4 is 10.1 Å². The first kappa shape index (κ1) is 21.1. The number of fused-ring (bicyclic) bond motifs is 2. The van der Waals surface area contributed by atoms with E-state index in [1.165, 1.54) is 24.6 Å². The molecule has 0 fully saturated rings. The lowest BCUT2D eigenvalue weighted by Crippen LogP contribution is -2.39. The van der Waals surface area contributed by atoms with Crippen molar-refractivity contribution in [1.82, 2.24) is 20.3 Å². The summed E-state index contributed by atoms with van der Waals surface area (Å²) in [6, 6.07) is 1.41. The number of ether oxygens (including phenoxy) is 2. The number of rotatable bonds is 6. The van der Waals surface area contributed by atoms with Crippen molar-refractivity contribution in [2.24, 2.45) is 0 Å². The number of hydrogen-bond donors (Lipinski definition) is 1. The molecule has 0 unspecified atom stereocenters. The first-order valence-electron chi connectivity index (χ1n) is 9.67. The van der Waals surface area contributed by atoms with Crippen LogP contribution in [0.15, 0.2) is 12.3 Å². The summed E-state index contributed by atoms with van der Waals surface area (Å²) in [6.07, 6.45) is 3.16. The molecular formula is C20H21N5O5S. The van der Waals surface area contributed by atoms with E-state index in [-0.39, 0.29) is 24.2 Å². The van der Waals surface area contributed by atoms with Crippen LogP contribution in [0.25, 0.3) is 10.2 Å². The summed E-state index contributed by atoms with van der Waals surface area (Å²) < 4.78 is 10.5. The SMILES string of the molecule is COCc1nc(OC)c2c(C)c(C(=O)N[C@H]3CCc4ncc([N+](=O)[O-])cc4C3)sc2n1. The smallest absolute Gasteiger partial charge is 0.287 e. The van der Waals surface area contributed by atoms with E-state index in [0.29, 0.717) is 46.1 Å². The van der Waals surface area contributed by atoms with Gasteiger partial charge in [0.05, 0.1) is 22.3 Å². The van der Waals surface area contributed by atoms with Gasteiger partial charge in [0, 0.05) is 24.9 Å². The van der Waals surface area contributed by atoms with E-state index in [2.05, 4.69) is 20.3 Å². The first-order chi connectivity index (χ1) is 14.9. The summed E-state index contributed by atoms with van der Waals surface area (Å²) in [5.41, 5.74) is 2.37. The quantitative estimate of drug-likeness (QED) is 0.455. The second kappa shape index (κ2) is 8.52. The Morgan fingerprint density at radius 2 is 2.19 bits per heavy atom. The van der Waals surface area contributed by atoms with Crippen molar-refractivity contribution in [2.75, 3.05) is 14.2 Å². The maximum atomic E-state index is 13.1. The van der Waals surface area contributed by atoms with Crippen molar-refractivity contribution in [3.63, 3.8) is 0 Å². The minimum Gasteiger partial charge on any atom is -0.480 e. The second-order valence-electron chi connectivity index (χ2n) is 7.29. The zero-order valence-corrected chi connectivity index (χ0v) is 18.1. The highest BCUT2D eigenvalue weighted by Crippen LogP contribution is 2.35. The largest absolute Gasteiger partial charge is 0.480 e. The van der Waals surface area contributed by atoms with Crippen LogP contribution in [0.1, 0.15) is 38.7 Å². The molecule has 0 saturated carbocycles. The van der Waals surface area contributed by atoms with Crippen LogP contribution in [-0.2, 0) is 24.2 Å². The predicted molar refractivity (Wildman–Crippen MR) is 114 cm³/mol. The highest BCUT2D eigenvalue weighted by atomic mass is 32.1. The number of thiophene rings is 1. The lowest BCUT2D eigenvalue weighted by Gasteiger charge is -2.24. The van der Waals surface area contributed by atoms with Crippen LogP contribution in [0.2, 0.25) is 0 Å². The molecule has 0 spiro atoms. The number of hydrogen-bond acceptors (Lipinski definition) is 9. The van der Waals surface area contributed by atoms with Gasteiger partial charge < -0.3 is 14.8 Å². The average Bonchev–Trinajstić information content (AvgIpc) is 3.09. The number of carbonyl (C=O) groups excluding carboxylic acids is 1. The van der Waals surface area contributed by atoms with Crippen LogP contribution in [0.5, 0.6) is 5.88 Å². The lowest BCUT2D eigenvalue weighted by molar-refractivity contribution is -0.385. The summed E-state index contributed by atoms with van der Waals surface area (Å²) in [6.45, 7) is 2.09. The van der Waals surface area contributed by atoms with E-state index in [1.807, 2.05) is 6.92 Å². The molecule has 3 aromatic rings. The van der Waals surface area contributed by atoms with E-state index < -0.39 is 4.92 Å². The normalized spacial score (nSPS) is 15.5.